The van der Waals surface area contributed by atoms with E-state index in [0.717, 1.165) is 30.9 Å². The molecular formula is C24H41N3O. The molecule has 3 atom stereocenters. The molecule has 0 aromatic rings. The Morgan fingerprint density at radius 3 is 2.68 bits per heavy atom. The van der Waals surface area contributed by atoms with Crippen LogP contribution >= 0.6 is 0 Å². The highest BCUT2D eigenvalue weighted by Crippen LogP contribution is 2.61. The molecule has 0 radical (unpaired) electrons. The minimum absolute atomic E-state index is 0.418. The van der Waals surface area contributed by atoms with E-state index in [4.69, 9.17) is 5.73 Å². The number of allylic oxidation sites excluding steroid dienone is 3. The fourth-order valence-corrected chi connectivity index (χ4v) is 6.02. The van der Waals surface area contributed by atoms with Crippen LogP contribution in [0.4, 0.5) is 4.79 Å². The molecule has 2 rings (SSSR count). The van der Waals surface area contributed by atoms with Gasteiger partial charge in [-0.2, -0.15) is 5.10 Å². The maximum atomic E-state index is 10.7. The molecule has 0 aromatic heterocycles. The Bertz CT molecular complexity index is 646. The number of rotatable bonds is 7. The van der Waals surface area contributed by atoms with Gasteiger partial charge in [0.15, 0.2) is 0 Å². The molecule has 0 bridgehead atoms. The number of hydrogen-bond acceptors (Lipinski definition) is 2. The molecule has 4 nitrogen and oxygen atoms in total. The molecule has 4 heteroatoms. The van der Waals surface area contributed by atoms with Gasteiger partial charge in [0.25, 0.3) is 0 Å². The number of fused-ring (bicyclic) bond motifs is 1. The van der Waals surface area contributed by atoms with Crippen molar-refractivity contribution in [3.63, 3.8) is 0 Å². The lowest BCUT2D eigenvalue weighted by Gasteiger charge is -2.58. The van der Waals surface area contributed by atoms with Gasteiger partial charge in [0, 0.05) is 5.71 Å². The summed E-state index contributed by atoms with van der Waals surface area (Å²) in [5.41, 5.74) is 12.0. The number of nitrogens with two attached hydrogens (primary N) is 1. The van der Waals surface area contributed by atoms with Gasteiger partial charge in [-0.3, -0.25) is 0 Å². The second kappa shape index (κ2) is 9.28. The van der Waals surface area contributed by atoms with Crippen LogP contribution in [0, 0.1) is 22.7 Å². The van der Waals surface area contributed by atoms with E-state index >= 15 is 0 Å². The third-order valence-corrected chi connectivity index (χ3v) is 7.50. The topological polar surface area (TPSA) is 67.5 Å². The van der Waals surface area contributed by atoms with Crippen molar-refractivity contribution in [1.82, 2.24) is 5.43 Å². The lowest BCUT2D eigenvalue weighted by Crippen LogP contribution is -2.49. The van der Waals surface area contributed by atoms with E-state index in [9.17, 15) is 4.79 Å². The summed E-state index contributed by atoms with van der Waals surface area (Å²) in [7, 11) is 0. The van der Waals surface area contributed by atoms with Crippen molar-refractivity contribution in [2.24, 2.45) is 33.5 Å². The van der Waals surface area contributed by atoms with Crippen molar-refractivity contribution in [1.29, 1.82) is 0 Å². The fraction of sp³-hybridized carbons (Fsp3) is 0.750. The van der Waals surface area contributed by atoms with Crippen molar-refractivity contribution in [2.45, 2.75) is 92.4 Å². The van der Waals surface area contributed by atoms with Crippen LogP contribution in [0.25, 0.3) is 0 Å². The number of nitrogens with zero attached hydrogens (tertiary/aromatic N) is 1. The maximum Gasteiger partial charge on any atom is 0.332 e. The quantitative estimate of drug-likeness (QED) is 0.299. The Balaban J connectivity index is 1.93. The van der Waals surface area contributed by atoms with Crippen LogP contribution in [0.3, 0.4) is 0 Å². The van der Waals surface area contributed by atoms with Crippen molar-refractivity contribution >= 4 is 11.7 Å². The molecule has 2 amide bonds. The summed E-state index contributed by atoms with van der Waals surface area (Å²) < 4.78 is 0. The largest absolute Gasteiger partial charge is 0.350 e. The average Bonchev–Trinajstić information content (AvgIpc) is 2.58. The number of primary amides is 1. The van der Waals surface area contributed by atoms with E-state index < -0.39 is 6.03 Å². The molecule has 2 saturated carbocycles. The first kappa shape index (κ1) is 22.7. The number of carbonyl (C=O) groups excluding carboxylic acids is 1. The highest BCUT2D eigenvalue weighted by molar-refractivity contribution is 5.83. The fourth-order valence-electron chi connectivity index (χ4n) is 6.02. The Hall–Kier alpha value is -1.58. The minimum atomic E-state index is -0.614. The molecule has 0 unspecified atom stereocenters. The lowest BCUT2D eigenvalue weighted by molar-refractivity contribution is -0.0539. The van der Waals surface area contributed by atoms with Crippen molar-refractivity contribution in [3.05, 3.63) is 23.8 Å². The monoisotopic (exact) mass is 387 g/mol. The van der Waals surface area contributed by atoms with Crippen molar-refractivity contribution in [3.8, 4) is 0 Å². The number of urea groups is 1. The predicted molar refractivity (Wildman–Crippen MR) is 119 cm³/mol. The van der Waals surface area contributed by atoms with Crippen LogP contribution in [-0.2, 0) is 0 Å². The zero-order valence-electron chi connectivity index (χ0n) is 18.7. The molecule has 0 aliphatic heterocycles. The maximum absolute atomic E-state index is 10.7. The zero-order chi connectivity index (χ0) is 20.9. The van der Waals surface area contributed by atoms with E-state index in [1.54, 1.807) is 0 Å². The van der Waals surface area contributed by atoms with E-state index in [0.29, 0.717) is 16.7 Å². The first-order chi connectivity index (χ1) is 13.1. The summed E-state index contributed by atoms with van der Waals surface area (Å²) in [5, 5.41) is 3.97. The standard InChI is InChI=1S/C24H41N3O/c1-17(9-7-10-19(3)26-27-22(25)28)11-13-20-18(2)12-14-21-23(4,5)15-8-16-24(20,21)6/h9,20-21H,2,7-8,10-16H2,1,3-6H3,(H3,25,27,28)/b17-9-,26-19-/t20-,21-,24+/m0/s1. The third-order valence-electron chi connectivity index (χ3n) is 7.50. The van der Waals surface area contributed by atoms with Gasteiger partial charge >= 0.3 is 6.03 Å². The van der Waals surface area contributed by atoms with Crippen molar-refractivity contribution in [2.75, 3.05) is 0 Å². The van der Waals surface area contributed by atoms with Crippen LogP contribution in [0.1, 0.15) is 92.4 Å². The number of nitrogens with one attached hydrogen (secondary N) is 1. The van der Waals surface area contributed by atoms with E-state index in [1.165, 1.54) is 49.7 Å². The summed E-state index contributed by atoms with van der Waals surface area (Å²) in [6.07, 6.45) is 13.1. The zero-order valence-corrected chi connectivity index (χ0v) is 18.7. The molecule has 0 saturated heterocycles. The first-order valence-electron chi connectivity index (χ1n) is 11.0. The Morgan fingerprint density at radius 1 is 1.29 bits per heavy atom. The normalized spacial score (nSPS) is 30.7. The smallest absolute Gasteiger partial charge is 0.332 e. The van der Waals surface area contributed by atoms with E-state index in [1.807, 2.05) is 6.92 Å². The van der Waals surface area contributed by atoms with Gasteiger partial charge in [-0.1, -0.05) is 51.0 Å². The van der Waals surface area contributed by atoms with Gasteiger partial charge in [-0.25, -0.2) is 10.2 Å². The molecular weight excluding hydrogens is 346 g/mol. The van der Waals surface area contributed by atoms with Gasteiger partial charge in [0.2, 0.25) is 0 Å². The van der Waals surface area contributed by atoms with Crippen LogP contribution in [0.2, 0.25) is 0 Å². The molecule has 0 aromatic carbocycles. The SMILES string of the molecule is C=C1CC[C@H]2C(C)(C)CCC[C@]2(C)[C@H]1CC/C(C)=C\CC/C(C)=N\NC(N)=O. The van der Waals surface area contributed by atoms with E-state index in [-0.39, 0.29) is 0 Å². The summed E-state index contributed by atoms with van der Waals surface area (Å²) >= 11 is 0. The number of hydrazone groups is 1. The average molecular weight is 388 g/mol. The number of amides is 2. The second-order valence-electron chi connectivity index (χ2n) is 10.1. The molecule has 28 heavy (non-hydrogen) atoms. The predicted octanol–water partition coefficient (Wildman–Crippen LogP) is 6.34. The van der Waals surface area contributed by atoms with Crippen LogP contribution in [0.15, 0.2) is 28.9 Å². The Kier molecular flexibility index (Phi) is 7.52. The second-order valence-corrected chi connectivity index (χ2v) is 10.1. The summed E-state index contributed by atoms with van der Waals surface area (Å²) in [4.78, 5) is 10.7. The van der Waals surface area contributed by atoms with Gasteiger partial charge in [-0.05, 0) is 87.9 Å². The molecule has 2 aliphatic rings. The van der Waals surface area contributed by atoms with Gasteiger partial charge in [0.05, 0.1) is 0 Å². The summed E-state index contributed by atoms with van der Waals surface area (Å²) in [5.74, 6) is 1.47. The number of carbonyl (C=O) groups is 1. The third kappa shape index (κ3) is 5.48. The highest BCUT2D eigenvalue weighted by atomic mass is 16.2. The molecule has 158 valence electrons. The first-order valence-corrected chi connectivity index (χ1v) is 11.0. The molecule has 0 heterocycles. The van der Waals surface area contributed by atoms with Crippen molar-refractivity contribution < 1.29 is 4.79 Å². The summed E-state index contributed by atoms with van der Waals surface area (Å²) in [6.45, 7) is 16.2. The molecule has 2 aliphatic carbocycles. The highest BCUT2D eigenvalue weighted by Gasteiger charge is 2.52. The van der Waals surface area contributed by atoms with Gasteiger partial charge < -0.3 is 5.73 Å². The molecule has 0 spiro atoms. The molecule has 3 N–H and O–H groups in total. The molecule has 2 fully saturated rings. The van der Waals surface area contributed by atoms with Gasteiger partial charge in [-0.15, -0.1) is 0 Å². The van der Waals surface area contributed by atoms with E-state index in [2.05, 4.69) is 50.9 Å². The summed E-state index contributed by atoms with van der Waals surface area (Å²) in [6, 6.07) is -0.614. The van der Waals surface area contributed by atoms with Crippen LogP contribution in [-0.4, -0.2) is 11.7 Å². The Labute approximate surface area is 172 Å². The van der Waals surface area contributed by atoms with Gasteiger partial charge in [0.1, 0.15) is 0 Å². The Morgan fingerprint density at radius 2 is 2.00 bits per heavy atom. The van der Waals surface area contributed by atoms with Crippen LogP contribution < -0.4 is 11.2 Å². The minimum Gasteiger partial charge on any atom is -0.350 e. The number of hydrogen-bond donors (Lipinski definition) is 2. The lowest BCUT2D eigenvalue weighted by atomic mass is 9.47. The van der Waals surface area contributed by atoms with Crippen LogP contribution in [0.5, 0.6) is 0 Å².